The summed E-state index contributed by atoms with van der Waals surface area (Å²) in [6.45, 7) is 1.94. The average molecular weight is 410 g/mol. The zero-order valence-corrected chi connectivity index (χ0v) is 17.1. The highest BCUT2D eigenvalue weighted by Crippen LogP contribution is 2.34. The van der Waals surface area contributed by atoms with E-state index in [9.17, 15) is 5.26 Å². The molecule has 1 N–H and O–H groups in total. The Balaban J connectivity index is 1.63. The van der Waals surface area contributed by atoms with E-state index in [1.807, 2.05) is 18.2 Å². The number of anilines is 2. The van der Waals surface area contributed by atoms with Gasteiger partial charge >= 0.3 is 0 Å². The molecule has 1 aromatic carbocycles. The maximum atomic E-state index is 9.44. The molecular weight excluding hydrogens is 384 g/mol. The van der Waals surface area contributed by atoms with E-state index in [-0.39, 0.29) is 12.6 Å². The Kier molecular flexibility index (Phi) is 6.44. The van der Waals surface area contributed by atoms with Crippen LogP contribution in [0, 0.1) is 11.3 Å². The normalized spacial score (nSPS) is 15.6. The smallest absolute Gasteiger partial charge is 0.238 e. The number of nitrogens with one attached hydrogen (secondary N) is 1. The molecule has 9 heteroatoms. The molecular formula is C21H26N6O3. The highest BCUT2D eigenvalue weighted by Gasteiger charge is 2.26. The Hall–Kier alpha value is -3.12. The summed E-state index contributed by atoms with van der Waals surface area (Å²) in [6.07, 6.45) is 5.75. The number of nitrogens with zero attached hydrogens (tertiary/aromatic N) is 5. The van der Waals surface area contributed by atoms with Crippen LogP contribution in [0.1, 0.15) is 43.5 Å². The van der Waals surface area contributed by atoms with Crippen molar-refractivity contribution >= 4 is 11.9 Å². The molecule has 1 aromatic heterocycles. The Bertz CT molecular complexity index is 910. The number of methoxy groups -OCH3 is 1. The molecule has 0 atom stereocenters. The van der Waals surface area contributed by atoms with Gasteiger partial charge < -0.3 is 24.4 Å². The lowest BCUT2D eigenvalue weighted by atomic mass is 9.94. The molecule has 1 aliphatic heterocycles. The maximum absolute atomic E-state index is 9.44. The standard InChI is InChI=1S/C21H26N6O3/c1-28-10-9-23-20-24-19(12-22)25-21(26-20)27(16-5-3-2-4-6-16)13-15-7-8-17-18(11-15)30-14-29-17/h7-8,11,16H,2-6,9-10,13-14H2,1H3,(H,23,24,25,26). The molecule has 4 rings (SSSR count). The summed E-state index contributed by atoms with van der Waals surface area (Å²) < 4.78 is 16.0. The fraction of sp³-hybridized carbons (Fsp3) is 0.524. The average Bonchev–Trinajstić information content (AvgIpc) is 3.26. The summed E-state index contributed by atoms with van der Waals surface area (Å²) in [7, 11) is 1.64. The van der Waals surface area contributed by atoms with Crippen LogP contribution in [0.3, 0.4) is 0 Å². The number of hydrogen-bond acceptors (Lipinski definition) is 9. The molecule has 158 valence electrons. The summed E-state index contributed by atoms with van der Waals surface area (Å²) in [5.41, 5.74) is 1.08. The molecule has 0 spiro atoms. The molecule has 1 fully saturated rings. The van der Waals surface area contributed by atoms with Gasteiger partial charge in [-0.25, -0.2) is 0 Å². The van der Waals surface area contributed by atoms with Gasteiger partial charge in [-0.15, -0.1) is 0 Å². The lowest BCUT2D eigenvalue weighted by Crippen LogP contribution is -2.38. The van der Waals surface area contributed by atoms with Crippen LogP contribution in [0.15, 0.2) is 18.2 Å². The van der Waals surface area contributed by atoms with Gasteiger partial charge in [0.15, 0.2) is 11.5 Å². The number of fused-ring (bicyclic) bond motifs is 1. The highest BCUT2D eigenvalue weighted by molar-refractivity contribution is 5.47. The first-order valence-electron chi connectivity index (χ1n) is 10.3. The van der Waals surface area contributed by atoms with Crippen LogP contribution < -0.4 is 19.7 Å². The van der Waals surface area contributed by atoms with Gasteiger partial charge in [0.05, 0.1) is 6.61 Å². The summed E-state index contributed by atoms with van der Waals surface area (Å²) in [4.78, 5) is 15.5. The summed E-state index contributed by atoms with van der Waals surface area (Å²) in [5, 5.41) is 12.6. The fourth-order valence-corrected chi connectivity index (χ4v) is 3.88. The van der Waals surface area contributed by atoms with Gasteiger partial charge in [0.2, 0.25) is 24.5 Å². The maximum Gasteiger partial charge on any atom is 0.238 e. The molecule has 2 heterocycles. The Morgan fingerprint density at radius 2 is 2.00 bits per heavy atom. The zero-order chi connectivity index (χ0) is 20.8. The molecule has 1 aliphatic carbocycles. The van der Waals surface area contributed by atoms with E-state index >= 15 is 0 Å². The molecule has 0 radical (unpaired) electrons. The van der Waals surface area contributed by atoms with Gasteiger partial charge in [-0.2, -0.15) is 20.2 Å². The lowest BCUT2D eigenvalue weighted by Gasteiger charge is -2.34. The molecule has 2 aromatic rings. The molecule has 1 saturated carbocycles. The molecule has 0 unspecified atom stereocenters. The van der Waals surface area contributed by atoms with Crippen molar-refractivity contribution < 1.29 is 14.2 Å². The van der Waals surface area contributed by atoms with E-state index in [2.05, 4.69) is 31.2 Å². The van der Waals surface area contributed by atoms with Crippen molar-refractivity contribution in [3.05, 3.63) is 29.6 Å². The van der Waals surface area contributed by atoms with E-state index in [4.69, 9.17) is 14.2 Å². The largest absolute Gasteiger partial charge is 0.454 e. The van der Waals surface area contributed by atoms with Gasteiger partial charge in [0.25, 0.3) is 0 Å². The molecule has 30 heavy (non-hydrogen) atoms. The summed E-state index contributed by atoms with van der Waals surface area (Å²) in [5.74, 6) is 2.53. The van der Waals surface area contributed by atoms with Gasteiger partial charge in [0.1, 0.15) is 6.07 Å². The minimum Gasteiger partial charge on any atom is -0.454 e. The summed E-state index contributed by atoms with van der Waals surface area (Å²) in [6, 6.07) is 8.34. The molecule has 9 nitrogen and oxygen atoms in total. The Morgan fingerprint density at radius 3 is 2.80 bits per heavy atom. The number of nitriles is 1. The van der Waals surface area contributed by atoms with Gasteiger partial charge in [-0.05, 0) is 30.5 Å². The number of benzene rings is 1. The number of hydrogen-bond donors (Lipinski definition) is 1. The van der Waals surface area contributed by atoms with Crippen LogP contribution >= 0.6 is 0 Å². The van der Waals surface area contributed by atoms with Crippen molar-refractivity contribution in [3.8, 4) is 17.6 Å². The van der Waals surface area contributed by atoms with E-state index in [1.165, 1.54) is 19.3 Å². The van der Waals surface area contributed by atoms with E-state index in [0.29, 0.717) is 37.6 Å². The molecule has 0 amide bonds. The minimum absolute atomic E-state index is 0.103. The fourth-order valence-electron chi connectivity index (χ4n) is 3.88. The third-order valence-corrected chi connectivity index (χ3v) is 5.38. The van der Waals surface area contributed by atoms with Gasteiger partial charge in [0, 0.05) is 26.2 Å². The first-order valence-corrected chi connectivity index (χ1v) is 10.3. The lowest BCUT2D eigenvalue weighted by molar-refractivity contribution is 0.174. The van der Waals surface area contributed by atoms with Crippen LogP contribution in [-0.2, 0) is 11.3 Å². The highest BCUT2D eigenvalue weighted by atomic mass is 16.7. The van der Waals surface area contributed by atoms with Gasteiger partial charge in [-0.1, -0.05) is 25.3 Å². The molecule has 2 aliphatic rings. The van der Waals surface area contributed by atoms with Crippen molar-refractivity contribution in [1.29, 1.82) is 5.26 Å². The van der Waals surface area contributed by atoms with Crippen LogP contribution in [0.25, 0.3) is 0 Å². The minimum atomic E-state index is 0.103. The quantitative estimate of drug-likeness (QED) is 0.658. The van der Waals surface area contributed by atoms with Gasteiger partial charge in [-0.3, -0.25) is 0 Å². The van der Waals surface area contributed by atoms with E-state index in [0.717, 1.165) is 29.9 Å². The van der Waals surface area contributed by atoms with Crippen molar-refractivity contribution in [1.82, 2.24) is 15.0 Å². The predicted octanol–water partition coefficient (Wildman–Crippen LogP) is 2.87. The zero-order valence-electron chi connectivity index (χ0n) is 17.1. The third-order valence-electron chi connectivity index (χ3n) is 5.38. The Morgan fingerprint density at radius 1 is 1.17 bits per heavy atom. The Labute approximate surface area is 176 Å². The van der Waals surface area contributed by atoms with Crippen LogP contribution in [0.4, 0.5) is 11.9 Å². The second-order valence-corrected chi connectivity index (χ2v) is 7.42. The predicted molar refractivity (Wildman–Crippen MR) is 111 cm³/mol. The number of aromatic nitrogens is 3. The van der Waals surface area contributed by atoms with Crippen molar-refractivity contribution in [2.24, 2.45) is 0 Å². The second kappa shape index (κ2) is 9.59. The molecule has 0 saturated heterocycles. The number of ether oxygens (including phenoxy) is 3. The monoisotopic (exact) mass is 410 g/mol. The van der Waals surface area contributed by atoms with Crippen LogP contribution in [0.2, 0.25) is 0 Å². The van der Waals surface area contributed by atoms with Crippen molar-refractivity contribution in [3.63, 3.8) is 0 Å². The van der Waals surface area contributed by atoms with Crippen molar-refractivity contribution in [2.75, 3.05) is 37.3 Å². The first-order chi connectivity index (χ1) is 14.8. The van der Waals surface area contributed by atoms with Crippen LogP contribution in [-0.4, -0.2) is 48.0 Å². The van der Waals surface area contributed by atoms with E-state index < -0.39 is 0 Å². The third kappa shape index (κ3) is 4.71. The van der Waals surface area contributed by atoms with E-state index in [1.54, 1.807) is 7.11 Å². The summed E-state index contributed by atoms with van der Waals surface area (Å²) >= 11 is 0. The molecule has 0 bridgehead atoms. The SMILES string of the molecule is COCCNc1nc(C#N)nc(N(Cc2ccc3c(c2)OCO3)C2CCCCC2)n1. The first kappa shape index (κ1) is 20.2. The van der Waals surface area contributed by atoms with Crippen molar-refractivity contribution in [2.45, 2.75) is 44.7 Å². The topological polar surface area (TPSA) is 105 Å². The van der Waals surface area contributed by atoms with Crippen LogP contribution in [0.5, 0.6) is 11.5 Å². The second-order valence-electron chi connectivity index (χ2n) is 7.42. The number of rotatable bonds is 8.